The van der Waals surface area contributed by atoms with Gasteiger partial charge in [-0.25, -0.2) is 4.58 Å². The van der Waals surface area contributed by atoms with E-state index in [2.05, 4.69) is 4.58 Å². The van der Waals surface area contributed by atoms with Crippen LogP contribution in [0.25, 0.3) is 0 Å². The number of aliphatic carboxylic acids is 1. The van der Waals surface area contributed by atoms with E-state index in [1.165, 1.54) is 18.2 Å². The first-order valence-electron chi connectivity index (χ1n) is 6.50. The normalized spacial score (nSPS) is 15.2. The first-order chi connectivity index (χ1) is 9.58. The minimum Gasteiger partial charge on any atom is -0.481 e. The van der Waals surface area contributed by atoms with Gasteiger partial charge in [0.2, 0.25) is 5.04 Å². The molecule has 1 aliphatic heterocycles. The molecular formula is C14H16Cl2NO2S+. The molecule has 0 unspecified atom stereocenters. The van der Waals surface area contributed by atoms with E-state index in [9.17, 15) is 4.79 Å². The van der Waals surface area contributed by atoms with Crippen molar-refractivity contribution in [3.05, 3.63) is 33.8 Å². The third-order valence-corrected chi connectivity index (χ3v) is 5.04. The van der Waals surface area contributed by atoms with Crippen LogP contribution in [0.4, 0.5) is 0 Å². The van der Waals surface area contributed by atoms with E-state index in [-0.39, 0.29) is 5.75 Å². The lowest BCUT2D eigenvalue weighted by Gasteiger charge is -2.14. The Labute approximate surface area is 132 Å². The van der Waals surface area contributed by atoms with Gasteiger partial charge in [-0.05, 0) is 36.4 Å². The first kappa shape index (κ1) is 15.7. The van der Waals surface area contributed by atoms with Gasteiger partial charge in [0.05, 0.1) is 15.6 Å². The van der Waals surface area contributed by atoms with Gasteiger partial charge in [0.15, 0.2) is 0 Å². The molecule has 1 N–H and O–H groups in total. The fraction of sp³-hybridized carbons (Fsp3) is 0.429. The lowest BCUT2D eigenvalue weighted by molar-refractivity contribution is -0.534. The van der Waals surface area contributed by atoms with Crippen molar-refractivity contribution in [2.24, 2.45) is 0 Å². The zero-order valence-electron chi connectivity index (χ0n) is 10.9. The number of carboxylic acids is 1. The summed E-state index contributed by atoms with van der Waals surface area (Å²) in [5.41, 5.74) is 0.938. The Morgan fingerprint density at radius 3 is 2.50 bits per heavy atom. The number of benzene rings is 1. The number of nitrogens with zero attached hydrogens (tertiary/aromatic N) is 1. The minimum atomic E-state index is -0.815. The highest BCUT2D eigenvalue weighted by Gasteiger charge is 2.22. The molecule has 1 heterocycles. The third-order valence-electron chi connectivity index (χ3n) is 3.14. The Balaban J connectivity index is 2.34. The highest BCUT2D eigenvalue weighted by molar-refractivity contribution is 8.14. The van der Waals surface area contributed by atoms with Crippen LogP contribution in [-0.4, -0.2) is 39.5 Å². The largest absolute Gasteiger partial charge is 0.481 e. The molecule has 1 fully saturated rings. The predicted octanol–water partition coefficient (Wildman–Crippen LogP) is 3.75. The number of carbonyl (C=O) groups is 1. The Kier molecular flexibility index (Phi) is 5.75. The molecule has 6 heteroatoms. The van der Waals surface area contributed by atoms with Gasteiger partial charge in [-0.3, -0.25) is 4.79 Å². The van der Waals surface area contributed by atoms with E-state index in [0.29, 0.717) is 10.0 Å². The quantitative estimate of drug-likeness (QED) is 0.676. The molecule has 0 aliphatic carbocycles. The maximum absolute atomic E-state index is 10.8. The van der Waals surface area contributed by atoms with Crippen LogP contribution < -0.4 is 0 Å². The van der Waals surface area contributed by atoms with Crippen LogP contribution in [0.15, 0.2) is 18.2 Å². The van der Waals surface area contributed by atoms with Crippen LogP contribution in [0.3, 0.4) is 0 Å². The smallest absolute Gasteiger partial charge is 0.314 e. The maximum Gasteiger partial charge on any atom is 0.314 e. The first-order valence-corrected chi connectivity index (χ1v) is 8.24. The highest BCUT2D eigenvalue weighted by atomic mass is 35.5. The van der Waals surface area contributed by atoms with E-state index < -0.39 is 5.97 Å². The Bertz CT molecular complexity index is 538. The van der Waals surface area contributed by atoms with Gasteiger partial charge < -0.3 is 5.11 Å². The predicted molar refractivity (Wildman–Crippen MR) is 84.5 cm³/mol. The second-order valence-corrected chi connectivity index (χ2v) is 6.44. The van der Waals surface area contributed by atoms with Crippen LogP contribution >= 0.6 is 35.0 Å². The molecule has 0 radical (unpaired) electrons. The van der Waals surface area contributed by atoms with Crippen LogP contribution in [0.5, 0.6) is 0 Å². The zero-order valence-corrected chi connectivity index (χ0v) is 13.3. The van der Waals surface area contributed by atoms with Gasteiger partial charge in [0.25, 0.3) is 0 Å². The van der Waals surface area contributed by atoms with Crippen molar-refractivity contribution in [3.63, 3.8) is 0 Å². The molecule has 1 aromatic rings. The summed E-state index contributed by atoms with van der Waals surface area (Å²) in [6.45, 7) is 1.92. The van der Waals surface area contributed by atoms with Crippen molar-refractivity contribution < 1.29 is 14.5 Å². The van der Waals surface area contributed by atoms with Crippen molar-refractivity contribution >= 4 is 46.0 Å². The Morgan fingerprint density at radius 2 is 1.90 bits per heavy atom. The van der Waals surface area contributed by atoms with E-state index in [0.717, 1.165) is 36.5 Å². The van der Waals surface area contributed by atoms with E-state index in [4.69, 9.17) is 28.3 Å². The lowest BCUT2D eigenvalue weighted by Crippen LogP contribution is -2.27. The van der Waals surface area contributed by atoms with Crippen molar-refractivity contribution in [3.8, 4) is 0 Å². The molecule has 1 aromatic carbocycles. The van der Waals surface area contributed by atoms with Gasteiger partial charge in [0.1, 0.15) is 18.8 Å². The summed E-state index contributed by atoms with van der Waals surface area (Å²) in [6.07, 6.45) is 3.51. The summed E-state index contributed by atoms with van der Waals surface area (Å²) in [7, 11) is 0. The number of thioether (sulfide) groups is 1. The average molecular weight is 333 g/mol. The molecule has 3 nitrogen and oxygen atoms in total. The minimum absolute atomic E-state index is 0.0477. The van der Waals surface area contributed by atoms with Crippen LogP contribution in [0.1, 0.15) is 24.8 Å². The Morgan fingerprint density at radius 1 is 1.20 bits per heavy atom. The van der Waals surface area contributed by atoms with E-state index >= 15 is 0 Å². The Hall–Kier alpha value is -0.710. The molecule has 20 heavy (non-hydrogen) atoms. The standard InChI is InChI=1S/C14H15Cl2NO2S/c15-11-5-4-10(8-12(11)16)14(20-9-13(18)19)17-6-2-1-3-7-17/h4-5,8H,1-3,6-7,9H2/p+1. The van der Waals surface area contributed by atoms with Gasteiger partial charge in [-0.1, -0.05) is 23.2 Å². The number of halogens is 2. The van der Waals surface area contributed by atoms with E-state index in [1.807, 2.05) is 12.1 Å². The summed E-state index contributed by atoms with van der Waals surface area (Å²) >= 11 is 13.4. The summed E-state index contributed by atoms with van der Waals surface area (Å²) < 4.78 is 2.25. The molecule has 0 saturated carbocycles. The molecular weight excluding hydrogens is 317 g/mol. The number of carboxylic acid groups (broad SMARTS) is 1. The maximum atomic E-state index is 10.8. The number of hydrogen-bond acceptors (Lipinski definition) is 2. The summed E-state index contributed by atoms with van der Waals surface area (Å²) in [5, 5.41) is 10.9. The van der Waals surface area contributed by atoms with Crippen LogP contribution in [0, 0.1) is 0 Å². The molecule has 0 atom stereocenters. The van der Waals surface area contributed by atoms with Gasteiger partial charge >= 0.3 is 5.97 Å². The van der Waals surface area contributed by atoms with Crippen LogP contribution in [-0.2, 0) is 4.79 Å². The van der Waals surface area contributed by atoms with Crippen molar-refractivity contribution in [2.45, 2.75) is 19.3 Å². The fourth-order valence-corrected chi connectivity index (χ4v) is 3.43. The summed E-state index contributed by atoms with van der Waals surface area (Å²) in [6, 6.07) is 5.46. The van der Waals surface area contributed by atoms with E-state index in [1.54, 1.807) is 6.07 Å². The summed E-state index contributed by atoms with van der Waals surface area (Å²) in [4.78, 5) is 10.8. The van der Waals surface area contributed by atoms with Gasteiger partial charge in [-0.2, -0.15) is 0 Å². The van der Waals surface area contributed by atoms with Gasteiger partial charge in [0, 0.05) is 12.8 Å². The molecule has 1 aliphatic rings. The zero-order chi connectivity index (χ0) is 14.5. The van der Waals surface area contributed by atoms with Crippen molar-refractivity contribution in [2.75, 3.05) is 18.8 Å². The SMILES string of the molecule is O=C(O)CSC(c1ccc(Cl)c(Cl)c1)=[N+]1CCCCC1. The van der Waals surface area contributed by atoms with Crippen molar-refractivity contribution in [1.82, 2.24) is 0 Å². The monoisotopic (exact) mass is 332 g/mol. The van der Waals surface area contributed by atoms with Gasteiger partial charge in [-0.15, -0.1) is 0 Å². The van der Waals surface area contributed by atoms with Crippen LogP contribution in [0.2, 0.25) is 10.0 Å². The lowest BCUT2D eigenvalue weighted by atomic mass is 10.1. The average Bonchev–Trinajstić information content (AvgIpc) is 2.44. The molecule has 108 valence electrons. The molecule has 0 spiro atoms. The molecule has 2 rings (SSSR count). The third kappa shape index (κ3) is 4.14. The number of piperidine rings is 1. The number of rotatable bonds is 3. The fourth-order valence-electron chi connectivity index (χ4n) is 2.21. The molecule has 0 aromatic heterocycles. The molecule has 0 bridgehead atoms. The molecule has 1 saturated heterocycles. The summed E-state index contributed by atoms with van der Waals surface area (Å²) in [5.74, 6) is -0.768. The number of hydrogen-bond donors (Lipinski definition) is 1. The van der Waals surface area contributed by atoms with Crippen molar-refractivity contribution in [1.29, 1.82) is 0 Å². The topological polar surface area (TPSA) is 40.3 Å². The molecule has 0 amide bonds. The second kappa shape index (κ2) is 7.34. The second-order valence-electron chi connectivity index (χ2n) is 4.66. The highest BCUT2D eigenvalue weighted by Crippen LogP contribution is 2.25.